The normalized spacial score (nSPS) is 18.9. The number of ether oxygens (including phenoxy) is 1. The van der Waals surface area contributed by atoms with Crippen molar-refractivity contribution in [2.75, 3.05) is 13.2 Å². The minimum absolute atomic E-state index is 0.106. The SMILES string of the molecule is CC(C)(C)[Si](C)(C)OCCN1C(=O)CC1OCc1ccccc1. The van der Waals surface area contributed by atoms with Crippen LogP contribution >= 0.6 is 0 Å². The van der Waals surface area contributed by atoms with Crippen molar-refractivity contribution in [2.45, 2.75) is 58.2 Å². The van der Waals surface area contributed by atoms with Gasteiger partial charge in [0.2, 0.25) is 5.91 Å². The Bertz CT molecular complexity index is 525. The quantitative estimate of drug-likeness (QED) is 0.562. The van der Waals surface area contributed by atoms with E-state index in [1.165, 1.54) is 0 Å². The van der Waals surface area contributed by atoms with Gasteiger partial charge in [-0.3, -0.25) is 4.79 Å². The minimum Gasteiger partial charge on any atom is -0.415 e. The molecule has 0 spiro atoms. The zero-order chi connectivity index (χ0) is 17.1. The lowest BCUT2D eigenvalue weighted by Crippen LogP contribution is -2.55. The van der Waals surface area contributed by atoms with Crippen LogP contribution < -0.4 is 0 Å². The molecule has 1 amide bonds. The number of β-lactam (4-membered cyclic amide) rings is 1. The molecule has 1 aromatic carbocycles. The van der Waals surface area contributed by atoms with Crippen molar-refractivity contribution < 1.29 is 14.0 Å². The van der Waals surface area contributed by atoms with Crippen molar-refractivity contribution >= 4 is 14.2 Å². The number of hydrogen-bond acceptors (Lipinski definition) is 3. The van der Waals surface area contributed by atoms with E-state index in [0.29, 0.717) is 26.2 Å². The summed E-state index contributed by atoms with van der Waals surface area (Å²) >= 11 is 0. The van der Waals surface area contributed by atoms with Gasteiger partial charge in [-0.2, -0.15) is 0 Å². The minimum atomic E-state index is -1.75. The van der Waals surface area contributed by atoms with Crippen LogP contribution in [0.5, 0.6) is 0 Å². The molecule has 1 aromatic rings. The molecule has 1 fully saturated rings. The van der Waals surface area contributed by atoms with Crippen molar-refractivity contribution in [3.05, 3.63) is 35.9 Å². The van der Waals surface area contributed by atoms with E-state index in [0.717, 1.165) is 5.56 Å². The Morgan fingerprint density at radius 2 is 1.87 bits per heavy atom. The van der Waals surface area contributed by atoms with E-state index in [1.54, 1.807) is 4.90 Å². The fourth-order valence-electron chi connectivity index (χ4n) is 2.22. The fourth-order valence-corrected chi connectivity index (χ4v) is 3.26. The van der Waals surface area contributed by atoms with Crippen molar-refractivity contribution in [2.24, 2.45) is 0 Å². The molecule has 1 atom stereocenters. The number of rotatable bonds is 7. The van der Waals surface area contributed by atoms with Crippen LogP contribution in [0.1, 0.15) is 32.8 Å². The smallest absolute Gasteiger partial charge is 0.229 e. The molecule has 4 nitrogen and oxygen atoms in total. The van der Waals surface area contributed by atoms with Gasteiger partial charge in [-0.05, 0) is 23.7 Å². The maximum Gasteiger partial charge on any atom is 0.229 e. The van der Waals surface area contributed by atoms with Crippen molar-refractivity contribution in [3.8, 4) is 0 Å². The van der Waals surface area contributed by atoms with Gasteiger partial charge in [0, 0.05) is 6.54 Å². The van der Waals surface area contributed by atoms with E-state index in [9.17, 15) is 4.79 Å². The Hall–Kier alpha value is -1.17. The third-order valence-corrected chi connectivity index (χ3v) is 9.44. The van der Waals surface area contributed by atoms with Crippen LogP contribution in [0, 0.1) is 0 Å². The fraction of sp³-hybridized carbons (Fsp3) is 0.611. The Labute approximate surface area is 140 Å². The largest absolute Gasteiger partial charge is 0.415 e. The highest BCUT2D eigenvalue weighted by atomic mass is 28.4. The summed E-state index contributed by atoms with van der Waals surface area (Å²) in [5.74, 6) is 0.155. The number of amides is 1. The summed E-state index contributed by atoms with van der Waals surface area (Å²) in [7, 11) is -1.75. The molecule has 1 aliphatic rings. The first kappa shape index (κ1) is 18.2. The molecule has 5 heteroatoms. The zero-order valence-corrected chi connectivity index (χ0v) is 16.0. The lowest BCUT2D eigenvalue weighted by Gasteiger charge is -2.41. The molecule has 1 aliphatic heterocycles. The van der Waals surface area contributed by atoms with Crippen LogP contribution in [0.4, 0.5) is 0 Å². The van der Waals surface area contributed by atoms with Gasteiger partial charge in [-0.15, -0.1) is 0 Å². The van der Waals surface area contributed by atoms with E-state index in [4.69, 9.17) is 9.16 Å². The summed E-state index contributed by atoms with van der Waals surface area (Å²) in [6.07, 6.45) is 0.373. The Balaban J connectivity index is 1.77. The number of likely N-dealkylation sites (tertiary alicyclic amines) is 1. The predicted octanol–water partition coefficient (Wildman–Crippen LogP) is 3.78. The Kier molecular flexibility index (Phi) is 5.65. The second-order valence-electron chi connectivity index (χ2n) is 7.65. The lowest BCUT2D eigenvalue weighted by atomic mass is 10.1. The molecule has 0 saturated carbocycles. The molecule has 0 radical (unpaired) electrons. The molecular weight excluding hydrogens is 306 g/mol. The molecule has 1 saturated heterocycles. The second kappa shape index (κ2) is 7.15. The van der Waals surface area contributed by atoms with E-state index < -0.39 is 8.32 Å². The lowest BCUT2D eigenvalue weighted by molar-refractivity contribution is -0.177. The average Bonchev–Trinajstić information content (AvgIpc) is 2.47. The summed E-state index contributed by atoms with van der Waals surface area (Å²) in [6, 6.07) is 10.0. The Morgan fingerprint density at radius 3 is 2.43 bits per heavy atom. The Morgan fingerprint density at radius 1 is 1.22 bits per heavy atom. The number of carbonyl (C=O) groups excluding carboxylic acids is 1. The predicted molar refractivity (Wildman–Crippen MR) is 94.5 cm³/mol. The maximum atomic E-state index is 11.8. The van der Waals surface area contributed by atoms with Gasteiger partial charge in [0.1, 0.15) is 6.23 Å². The standard InChI is InChI=1S/C18H29NO3Si/c1-18(2,3)23(4,5)22-12-11-19-16(20)13-17(19)21-14-15-9-7-6-8-10-15/h6-10,17H,11-14H2,1-5H3. The first-order valence-electron chi connectivity index (χ1n) is 8.30. The van der Waals surface area contributed by atoms with Gasteiger partial charge in [-0.25, -0.2) is 0 Å². The first-order chi connectivity index (χ1) is 10.7. The third kappa shape index (κ3) is 4.65. The number of nitrogens with zero attached hydrogens (tertiary/aromatic N) is 1. The molecule has 0 bridgehead atoms. The molecule has 128 valence electrons. The summed E-state index contributed by atoms with van der Waals surface area (Å²) in [5, 5.41) is 0.190. The molecule has 0 N–H and O–H groups in total. The highest BCUT2D eigenvalue weighted by molar-refractivity contribution is 6.74. The summed E-state index contributed by atoms with van der Waals surface area (Å²) in [6.45, 7) is 12.9. The number of hydrogen-bond donors (Lipinski definition) is 0. The monoisotopic (exact) mass is 335 g/mol. The van der Waals surface area contributed by atoms with E-state index in [2.05, 4.69) is 33.9 Å². The van der Waals surface area contributed by atoms with E-state index in [-0.39, 0.29) is 17.2 Å². The van der Waals surface area contributed by atoms with Gasteiger partial charge < -0.3 is 14.1 Å². The molecule has 1 heterocycles. The van der Waals surface area contributed by atoms with Crippen LogP contribution in [0.25, 0.3) is 0 Å². The average molecular weight is 336 g/mol. The topological polar surface area (TPSA) is 38.8 Å². The van der Waals surface area contributed by atoms with E-state index >= 15 is 0 Å². The van der Waals surface area contributed by atoms with Gasteiger partial charge in [0.05, 0.1) is 19.6 Å². The van der Waals surface area contributed by atoms with Crippen LogP contribution in [0.3, 0.4) is 0 Å². The second-order valence-corrected chi connectivity index (χ2v) is 12.5. The summed E-state index contributed by atoms with van der Waals surface area (Å²) in [5.41, 5.74) is 1.13. The van der Waals surface area contributed by atoms with E-state index in [1.807, 2.05) is 30.3 Å². The highest BCUT2D eigenvalue weighted by Gasteiger charge is 2.39. The van der Waals surface area contributed by atoms with Crippen molar-refractivity contribution in [3.63, 3.8) is 0 Å². The van der Waals surface area contributed by atoms with Crippen LogP contribution in [0.15, 0.2) is 30.3 Å². The van der Waals surface area contributed by atoms with Gasteiger partial charge in [0.25, 0.3) is 0 Å². The first-order valence-corrected chi connectivity index (χ1v) is 11.2. The summed E-state index contributed by atoms with van der Waals surface area (Å²) < 4.78 is 12.0. The zero-order valence-electron chi connectivity index (χ0n) is 15.0. The highest BCUT2D eigenvalue weighted by Crippen LogP contribution is 2.36. The van der Waals surface area contributed by atoms with Crippen molar-refractivity contribution in [1.29, 1.82) is 0 Å². The third-order valence-electron chi connectivity index (χ3n) is 4.90. The molecule has 0 aliphatic carbocycles. The molecule has 1 unspecified atom stereocenters. The molecule has 23 heavy (non-hydrogen) atoms. The van der Waals surface area contributed by atoms with Crippen LogP contribution in [-0.4, -0.2) is 38.5 Å². The van der Waals surface area contributed by atoms with Crippen molar-refractivity contribution in [1.82, 2.24) is 4.90 Å². The van der Waals surface area contributed by atoms with Crippen LogP contribution in [0.2, 0.25) is 18.1 Å². The molecular formula is C18H29NO3Si. The summed E-state index contributed by atoms with van der Waals surface area (Å²) in [4.78, 5) is 13.6. The molecule has 2 rings (SSSR count). The van der Waals surface area contributed by atoms with Crippen LogP contribution in [-0.2, 0) is 20.6 Å². The number of carbonyl (C=O) groups is 1. The number of benzene rings is 1. The maximum absolute atomic E-state index is 11.8. The van der Waals surface area contributed by atoms with Gasteiger partial charge in [0.15, 0.2) is 8.32 Å². The van der Waals surface area contributed by atoms with Gasteiger partial charge >= 0.3 is 0 Å². The van der Waals surface area contributed by atoms with Gasteiger partial charge in [-0.1, -0.05) is 51.1 Å². The molecule has 0 aromatic heterocycles.